The fourth-order valence-corrected chi connectivity index (χ4v) is 1.95. The Morgan fingerprint density at radius 3 is 2.57 bits per heavy atom. The zero-order chi connectivity index (χ0) is 10.1. The monoisotopic (exact) mass is 204 g/mol. The summed E-state index contributed by atoms with van der Waals surface area (Å²) in [5, 5.41) is 1.87. The molecule has 2 N–H and O–H groups in total. The Kier molecular flexibility index (Phi) is 2.25. The maximum absolute atomic E-state index is 5.81. The Hall–Kier alpha value is -1.35. The van der Waals surface area contributed by atoms with Gasteiger partial charge in [0.15, 0.2) is 0 Å². The lowest BCUT2D eigenvalue weighted by atomic mass is 10.0. The highest BCUT2D eigenvalue weighted by Gasteiger charge is 2.05. The fourth-order valence-electron chi connectivity index (χ4n) is 1.35. The molecule has 0 amide bonds. The van der Waals surface area contributed by atoms with Gasteiger partial charge in [-0.05, 0) is 42.6 Å². The van der Waals surface area contributed by atoms with Crippen molar-refractivity contribution < 1.29 is 0 Å². The molecule has 0 aliphatic carbocycles. The number of benzene rings is 1. The molecule has 0 unspecified atom stereocenters. The minimum absolute atomic E-state index is 0.762. The highest BCUT2D eigenvalue weighted by atomic mass is 32.1. The topological polar surface area (TPSA) is 38.9 Å². The first-order valence-corrected chi connectivity index (χ1v) is 5.29. The third kappa shape index (κ3) is 1.51. The van der Waals surface area contributed by atoms with Crippen LogP contribution >= 0.6 is 11.5 Å². The van der Waals surface area contributed by atoms with Gasteiger partial charge >= 0.3 is 0 Å². The third-order valence-electron chi connectivity index (χ3n) is 2.38. The molecule has 14 heavy (non-hydrogen) atoms. The Labute approximate surface area is 87.6 Å². The van der Waals surface area contributed by atoms with Crippen molar-refractivity contribution in [3.63, 3.8) is 0 Å². The zero-order valence-corrected chi connectivity index (χ0v) is 9.06. The molecule has 0 aliphatic rings. The van der Waals surface area contributed by atoms with E-state index in [4.69, 9.17) is 5.73 Å². The van der Waals surface area contributed by atoms with Crippen LogP contribution in [0.2, 0.25) is 0 Å². The van der Waals surface area contributed by atoms with Gasteiger partial charge in [0.1, 0.15) is 5.69 Å². The summed E-state index contributed by atoms with van der Waals surface area (Å²) < 4.78 is 4.27. The molecule has 2 rings (SSSR count). The van der Waals surface area contributed by atoms with Crippen LogP contribution in [0.1, 0.15) is 11.1 Å². The summed E-state index contributed by atoms with van der Waals surface area (Å²) in [4.78, 5) is 0. The molecule has 0 fully saturated rings. The molecule has 0 atom stereocenters. The van der Waals surface area contributed by atoms with Crippen molar-refractivity contribution in [1.29, 1.82) is 0 Å². The summed E-state index contributed by atoms with van der Waals surface area (Å²) in [6, 6.07) is 6.29. The van der Waals surface area contributed by atoms with Crippen LogP contribution in [0.5, 0.6) is 0 Å². The number of nitrogen functional groups attached to an aromatic ring is 1. The summed E-state index contributed by atoms with van der Waals surface area (Å²) in [5.41, 5.74) is 11.1. The van der Waals surface area contributed by atoms with Gasteiger partial charge in [0.25, 0.3) is 0 Å². The van der Waals surface area contributed by atoms with Gasteiger partial charge in [0, 0.05) is 10.9 Å². The molecule has 1 aromatic heterocycles. The van der Waals surface area contributed by atoms with Crippen molar-refractivity contribution >= 4 is 17.2 Å². The molecule has 0 saturated carbocycles. The van der Waals surface area contributed by atoms with E-state index in [2.05, 4.69) is 36.4 Å². The molecule has 3 heteroatoms. The van der Waals surface area contributed by atoms with Gasteiger partial charge in [0.2, 0.25) is 0 Å². The number of rotatable bonds is 1. The summed E-state index contributed by atoms with van der Waals surface area (Å²) in [6.07, 6.45) is 0. The van der Waals surface area contributed by atoms with Gasteiger partial charge in [-0.3, -0.25) is 0 Å². The highest BCUT2D eigenvalue weighted by molar-refractivity contribution is 7.04. The van der Waals surface area contributed by atoms with E-state index < -0.39 is 0 Å². The molecule has 1 aromatic carbocycles. The summed E-state index contributed by atoms with van der Waals surface area (Å²) in [7, 11) is 0. The van der Waals surface area contributed by atoms with Crippen molar-refractivity contribution in [2.45, 2.75) is 13.8 Å². The average molecular weight is 204 g/mol. The minimum atomic E-state index is 0.762. The van der Waals surface area contributed by atoms with Gasteiger partial charge in [-0.1, -0.05) is 12.1 Å². The molecule has 0 radical (unpaired) electrons. The summed E-state index contributed by atoms with van der Waals surface area (Å²) in [5.74, 6) is 0. The van der Waals surface area contributed by atoms with Crippen molar-refractivity contribution in [2.24, 2.45) is 0 Å². The van der Waals surface area contributed by atoms with Gasteiger partial charge in [-0.25, -0.2) is 0 Å². The van der Waals surface area contributed by atoms with E-state index in [0.717, 1.165) is 16.9 Å². The first kappa shape index (κ1) is 9.21. The second kappa shape index (κ2) is 3.42. The van der Waals surface area contributed by atoms with Crippen LogP contribution in [0.4, 0.5) is 5.69 Å². The van der Waals surface area contributed by atoms with E-state index in [1.807, 2.05) is 5.38 Å². The first-order valence-electron chi connectivity index (χ1n) is 4.46. The molecule has 0 aliphatic heterocycles. The fraction of sp³-hybridized carbons (Fsp3) is 0.182. The number of hydrogen-bond donors (Lipinski definition) is 1. The van der Waals surface area contributed by atoms with Crippen LogP contribution in [0.25, 0.3) is 11.3 Å². The molecule has 2 aromatic rings. The molecule has 2 nitrogen and oxygen atoms in total. The zero-order valence-electron chi connectivity index (χ0n) is 8.24. The smallest absolute Gasteiger partial charge is 0.107 e. The van der Waals surface area contributed by atoms with E-state index in [0.29, 0.717) is 0 Å². The Morgan fingerprint density at radius 2 is 2.00 bits per heavy atom. The summed E-state index contributed by atoms with van der Waals surface area (Å²) in [6.45, 7) is 4.20. The number of aryl methyl sites for hydroxylation is 2. The molecule has 0 spiro atoms. The normalized spacial score (nSPS) is 10.4. The van der Waals surface area contributed by atoms with Crippen molar-refractivity contribution in [2.75, 3.05) is 5.73 Å². The number of nitrogens with two attached hydrogens (primary N) is 1. The van der Waals surface area contributed by atoms with Crippen molar-refractivity contribution in [3.05, 3.63) is 34.7 Å². The number of hydrogen-bond acceptors (Lipinski definition) is 3. The molecular formula is C11H12N2S. The lowest BCUT2D eigenvalue weighted by Crippen LogP contribution is -1.88. The molecule has 1 heterocycles. The second-order valence-corrected chi connectivity index (χ2v) is 4.05. The van der Waals surface area contributed by atoms with Gasteiger partial charge in [-0.15, -0.1) is 0 Å². The molecular weight excluding hydrogens is 192 g/mol. The van der Waals surface area contributed by atoms with E-state index in [-0.39, 0.29) is 0 Å². The maximum Gasteiger partial charge on any atom is 0.107 e. The van der Waals surface area contributed by atoms with E-state index in [1.54, 1.807) is 0 Å². The lowest BCUT2D eigenvalue weighted by molar-refractivity contribution is 1.34. The van der Waals surface area contributed by atoms with Crippen LogP contribution in [-0.4, -0.2) is 4.37 Å². The largest absolute Gasteiger partial charge is 0.396 e. The Morgan fingerprint density at radius 1 is 1.21 bits per heavy atom. The van der Waals surface area contributed by atoms with Gasteiger partial charge in [-0.2, -0.15) is 4.37 Å². The standard InChI is InChI=1S/C11H12N2S/c1-7-3-4-9(5-8(7)2)11-10(12)6-14-13-11/h3-6H,12H2,1-2H3. The Bertz CT molecular complexity index is 460. The van der Waals surface area contributed by atoms with Crippen LogP contribution in [0, 0.1) is 13.8 Å². The maximum atomic E-state index is 5.81. The Balaban J connectivity index is 2.53. The molecule has 72 valence electrons. The SMILES string of the molecule is Cc1ccc(-c2nscc2N)cc1C. The predicted octanol–water partition coefficient (Wildman–Crippen LogP) is 3.01. The first-order chi connectivity index (χ1) is 6.68. The third-order valence-corrected chi connectivity index (χ3v) is 3.02. The number of aromatic nitrogens is 1. The van der Waals surface area contributed by atoms with Crippen molar-refractivity contribution in [1.82, 2.24) is 4.37 Å². The van der Waals surface area contributed by atoms with Crippen LogP contribution in [0.3, 0.4) is 0 Å². The minimum Gasteiger partial charge on any atom is -0.396 e. The van der Waals surface area contributed by atoms with Gasteiger partial charge in [0.05, 0.1) is 5.69 Å². The number of anilines is 1. The van der Waals surface area contributed by atoms with Crippen LogP contribution in [0.15, 0.2) is 23.6 Å². The van der Waals surface area contributed by atoms with Crippen molar-refractivity contribution in [3.8, 4) is 11.3 Å². The van der Waals surface area contributed by atoms with Gasteiger partial charge < -0.3 is 5.73 Å². The quantitative estimate of drug-likeness (QED) is 0.775. The second-order valence-electron chi connectivity index (χ2n) is 3.42. The van der Waals surface area contributed by atoms with Crippen LogP contribution in [-0.2, 0) is 0 Å². The van der Waals surface area contributed by atoms with E-state index in [9.17, 15) is 0 Å². The predicted molar refractivity (Wildman–Crippen MR) is 61.4 cm³/mol. The molecule has 0 bridgehead atoms. The summed E-state index contributed by atoms with van der Waals surface area (Å²) >= 11 is 1.40. The number of nitrogens with zero attached hydrogens (tertiary/aromatic N) is 1. The highest BCUT2D eigenvalue weighted by Crippen LogP contribution is 2.27. The van der Waals surface area contributed by atoms with E-state index in [1.165, 1.54) is 22.7 Å². The molecule has 0 saturated heterocycles. The van der Waals surface area contributed by atoms with E-state index >= 15 is 0 Å². The average Bonchev–Trinajstić information content (AvgIpc) is 2.57. The van der Waals surface area contributed by atoms with Crippen LogP contribution < -0.4 is 5.73 Å². The lowest BCUT2D eigenvalue weighted by Gasteiger charge is -2.03.